The number of ether oxygens (including phenoxy) is 1. The summed E-state index contributed by atoms with van der Waals surface area (Å²) < 4.78 is 5.96. The van der Waals surface area contributed by atoms with Crippen molar-refractivity contribution in [1.29, 1.82) is 0 Å². The maximum atomic E-state index is 12.3. The topological polar surface area (TPSA) is 71.5 Å². The molecule has 0 bridgehead atoms. The minimum Gasteiger partial charge on any atom is -0.483 e. The highest BCUT2D eigenvalue weighted by Crippen LogP contribution is 2.48. The van der Waals surface area contributed by atoms with Gasteiger partial charge in [0.05, 0.1) is 6.10 Å². The third kappa shape index (κ3) is 6.14. The molecule has 2 N–H and O–H groups in total. The fraction of sp³-hybridized carbons (Fsp3) is 0.571. The summed E-state index contributed by atoms with van der Waals surface area (Å²) in [5.74, 6) is 2.12. The Labute approximate surface area is 198 Å². The van der Waals surface area contributed by atoms with Gasteiger partial charge in [-0.2, -0.15) is 0 Å². The van der Waals surface area contributed by atoms with Gasteiger partial charge in [-0.05, 0) is 72.8 Å². The minimum atomic E-state index is -0.180. The van der Waals surface area contributed by atoms with Gasteiger partial charge in [-0.15, -0.1) is 0 Å². The van der Waals surface area contributed by atoms with Crippen LogP contribution in [0.3, 0.4) is 0 Å². The molecule has 1 fully saturated rings. The first-order valence-corrected chi connectivity index (χ1v) is 12.8. The molecule has 1 aromatic carbocycles. The van der Waals surface area contributed by atoms with Crippen molar-refractivity contribution >= 4 is 11.6 Å². The fourth-order valence-electron chi connectivity index (χ4n) is 5.88. The molecule has 0 saturated heterocycles. The molecule has 33 heavy (non-hydrogen) atoms. The molecule has 1 saturated carbocycles. The largest absolute Gasteiger partial charge is 0.483 e. The van der Waals surface area contributed by atoms with Crippen molar-refractivity contribution < 1.29 is 14.6 Å². The van der Waals surface area contributed by atoms with Gasteiger partial charge in [0.1, 0.15) is 5.75 Å². The number of benzene rings is 1. The van der Waals surface area contributed by atoms with Crippen LogP contribution < -0.4 is 10.1 Å². The Bertz CT molecular complexity index is 901. The van der Waals surface area contributed by atoms with Crippen molar-refractivity contribution in [3.63, 3.8) is 0 Å². The second-order valence-electron chi connectivity index (χ2n) is 9.82. The van der Waals surface area contributed by atoms with E-state index in [2.05, 4.69) is 23.3 Å². The summed E-state index contributed by atoms with van der Waals surface area (Å²) in [7, 11) is 0. The molecule has 2 aliphatic carbocycles. The molecule has 0 aliphatic heterocycles. The maximum Gasteiger partial charge on any atom is 0.262 e. The minimum absolute atomic E-state index is 0.0177. The number of unbranched alkanes of at least 4 members (excludes halogenated alkanes) is 5. The number of aliphatic hydroxyl groups excluding tert-OH is 1. The number of rotatable bonds is 11. The van der Waals surface area contributed by atoms with Gasteiger partial charge < -0.3 is 15.2 Å². The number of hydrogen-bond donors (Lipinski definition) is 2. The fourth-order valence-corrected chi connectivity index (χ4v) is 5.88. The molecule has 2 aromatic rings. The van der Waals surface area contributed by atoms with Crippen molar-refractivity contribution in [1.82, 2.24) is 4.98 Å². The summed E-state index contributed by atoms with van der Waals surface area (Å²) in [4.78, 5) is 16.3. The molecule has 5 nitrogen and oxygen atoms in total. The van der Waals surface area contributed by atoms with Crippen LogP contribution in [0.25, 0.3) is 0 Å². The lowest BCUT2D eigenvalue weighted by molar-refractivity contribution is -0.118. The van der Waals surface area contributed by atoms with E-state index in [4.69, 9.17) is 4.74 Å². The quantitative estimate of drug-likeness (QED) is 0.440. The van der Waals surface area contributed by atoms with Gasteiger partial charge in [0.25, 0.3) is 5.91 Å². The van der Waals surface area contributed by atoms with E-state index in [1.54, 1.807) is 24.5 Å². The lowest BCUT2D eigenvalue weighted by Crippen LogP contribution is -2.27. The zero-order chi connectivity index (χ0) is 23.0. The smallest absolute Gasteiger partial charge is 0.262 e. The Kier molecular flexibility index (Phi) is 8.38. The average Bonchev–Trinajstić information content (AvgIpc) is 3.13. The van der Waals surface area contributed by atoms with Gasteiger partial charge in [-0.3, -0.25) is 9.78 Å². The van der Waals surface area contributed by atoms with E-state index in [0.717, 1.165) is 31.4 Å². The number of aromatic nitrogens is 1. The number of anilines is 1. The maximum absolute atomic E-state index is 12.3. The summed E-state index contributed by atoms with van der Waals surface area (Å²) in [5, 5.41) is 13.7. The van der Waals surface area contributed by atoms with E-state index in [1.165, 1.54) is 49.7 Å². The lowest BCUT2D eigenvalue weighted by Gasteiger charge is -2.32. The van der Waals surface area contributed by atoms with E-state index in [9.17, 15) is 9.90 Å². The van der Waals surface area contributed by atoms with E-state index in [-0.39, 0.29) is 18.6 Å². The Morgan fingerprint density at radius 1 is 1.09 bits per heavy atom. The zero-order valence-electron chi connectivity index (χ0n) is 19.8. The third-order valence-corrected chi connectivity index (χ3v) is 7.56. The van der Waals surface area contributed by atoms with Crippen LogP contribution >= 0.6 is 0 Å². The van der Waals surface area contributed by atoms with Crippen LogP contribution in [-0.2, 0) is 17.6 Å². The molecule has 1 heterocycles. The predicted molar refractivity (Wildman–Crippen MR) is 131 cm³/mol. The molecule has 1 amide bonds. The summed E-state index contributed by atoms with van der Waals surface area (Å²) in [6.07, 6.45) is 14.9. The zero-order valence-corrected chi connectivity index (χ0v) is 19.8. The Balaban J connectivity index is 1.33. The number of carbonyl (C=O) groups is 1. The van der Waals surface area contributed by atoms with Crippen molar-refractivity contribution in [2.75, 3.05) is 11.9 Å². The molecule has 4 rings (SSSR count). The number of pyridine rings is 1. The number of nitrogens with zero attached hydrogens (tertiary/aromatic N) is 1. The van der Waals surface area contributed by atoms with Gasteiger partial charge in [0.15, 0.2) is 6.61 Å². The van der Waals surface area contributed by atoms with Crippen molar-refractivity contribution in [2.45, 2.75) is 77.2 Å². The molecule has 1 aromatic heterocycles. The van der Waals surface area contributed by atoms with Crippen LogP contribution in [0.15, 0.2) is 42.7 Å². The van der Waals surface area contributed by atoms with Gasteiger partial charge in [0, 0.05) is 18.1 Å². The van der Waals surface area contributed by atoms with Crippen LogP contribution in [0.1, 0.15) is 69.4 Å². The summed E-state index contributed by atoms with van der Waals surface area (Å²) >= 11 is 0. The number of aliphatic hydroxyl groups is 1. The van der Waals surface area contributed by atoms with Crippen LogP contribution in [0.4, 0.5) is 5.69 Å². The highest BCUT2D eigenvalue weighted by Gasteiger charge is 2.44. The number of carbonyl (C=O) groups excluding carboxylic acids is 1. The molecule has 4 atom stereocenters. The average molecular weight is 451 g/mol. The van der Waals surface area contributed by atoms with Gasteiger partial charge >= 0.3 is 0 Å². The standard InChI is InChI=1S/C28H38N2O3/c1-2-3-4-5-6-7-10-23-24-16-20-9-8-11-27(25(20)17-21(24)18-26(23)31)33-19-28(32)30-22-12-14-29-15-13-22/h8-9,11-15,21,23-24,26,31H,2-7,10,16-19H2,1H3,(H,29,30,32)/t21?,23-,24?,26-/m1/s1. The number of amides is 1. The van der Waals surface area contributed by atoms with Gasteiger partial charge in [-0.1, -0.05) is 57.6 Å². The highest BCUT2D eigenvalue weighted by atomic mass is 16.5. The highest BCUT2D eigenvalue weighted by molar-refractivity contribution is 5.91. The van der Waals surface area contributed by atoms with Crippen LogP contribution in [0, 0.1) is 17.8 Å². The summed E-state index contributed by atoms with van der Waals surface area (Å²) in [6, 6.07) is 9.72. The monoisotopic (exact) mass is 450 g/mol. The Morgan fingerprint density at radius 2 is 1.88 bits per heavy atom. The Morgan fingerprint density at radius 3 is 2.70 bits per heavy atom. The molecule has 2 unspecified atom stereocenters. The van der Waals surface area contributed by atoms with E-state index in [1.807, 2.05) is 12.1 Å². The first-order valence-electron chi connectivity index (χ1n) is 12.8. The van der Waals surface area contributed by atoms with Crippen LogP contribution in [0.2, 0.25) is 0 Å². The van der Waals surface area contributed by atoms with Gasteiger partial charge in [-0.25, -0.2) is 0 Å². The van der Waals surface area contributed by atoms with Crippen LogP contribution in [-0.4, -0.2) is 28.7 Å². The molecule has 0 radical (unpaired) electrons. The first kappa shape index (κ1) is 23.7. The normalized spacial score (nSPS) is 23.6. The number of nitrogens with one attached hydrogen (secondary N) is 1. The van der Waals surface area contributed by atoms with E-state index in [0.29, 0.717) is 23.4 Å². The summed E-state index contributed by atoms with van der Waals surface area (Å²) in [6.45, 7) is 2.24. The molecule has 178 valence electrons. The second-order valence-corrected chi connectivity index (χ2v) is 9.82. The molecular formula is C28H38N2O3. The van der Waals surface area contributed by atoms with Gasteiger partial charge in [0.2, 0.25) is 0 Å². The molecular weight excluding hydrogens is 412 g/mol. The van der Waals surface area contributed by atoms with Crippen molar-refractivity contribution in [3.8, 4) is 5.75 Å². The lowest BCUT2D eigenvalue weighted by atomic mass is 9.73. The van der Waals surface area contributed by atoms with Crippen molar-refractivity contribution in [2.24, 2.45) is 17.8 Å². The van der Waals surface area contributed by atoms with Crippen LogP contribution in [0.5, 0.6) is 5.75 Å². The molecule has 5 heteroatoms. The Hall–Kier alpha value is -2.40. The molecule has 0 spiro atoms. The van der Waals surface area contributed by atoms with Crippen molar-refractivity contribution in [3.05, 3.63) is 53.9 Å². The number of hydrogen-bond acceptors (Lipinski definition) is 4. The van der Waals surface area contributed by atoms with E-state index < -0.39 is 0 Å². The first-order chi connectivity index (χ1) is 16.2. The SMILES string of the molecule is CCCCCCCC[C@@H]1C2Cc3cccc(OCC(=O)Nc4ccncc4)c3CC2C[C@H]1O. The number of fused-ring (bicyclic) bond motifs is 2. The predicted octanol–water partition coefficient (Wildman–Crippen LogP) is 5.56. The summed E-state index contributed by atoms with van der Waals surface area (Å²) in [5.41, 5.74) is 3.26. The second kappa shape index (κ2) is 11.6. The third-order valence-electron chi connectivity index (χ3n) is 7.56. The van der Waals surface area contributed by atoms with E-state index >= 15 is 0 Å². The molecule has 2 aliphatic rings.